The molecule has 1 N–H and O–H groups in total. The van der Waals surface area contributed by atoms with Gasteiger partial charge in [-0.25, -0.2) is 0 Å². The molecule has 0 spiro atoms. The van der Waals surface area contributed by atoms with Crippen LogP contribution in [0.15, 0.2) is 18.2 Å². The zero-order valence-electron chi connectivity index (χ0n) is 13.9. The summed E-state index contributed by atoms with van der Waals surface area (Å²) in [6.07, 6.45) is 2.04. The van der Waals surface area contributed by atoms with Gasteiger partial charge in [0.2, 0.25) is 5.91 Å². The molecule has 126 valence electrons. The molecule has 0 unspecified atom stereocenters. The molecule has 0 atom stereocenters. The number of benzene rings is 1. The van der Waals surface area contributed by atoms with Crippen molar-refractivity contribution < 1.29 is 9.59 Å². The van der Waals surface area contributed by atoms with Gasteiger partial charge in [-0.2, -0.15) is 0 Å². The summed E-state index contributed by atoms with van der Waals surface area (Å²) in [5, 5.41) is 3.33. The first kappa shape index (κ1) is 17.8. The summed E-state index contributed by atoms with van der Waals surface area (Å²) in [5.41, 5.74) is 0.980. The smallest absolute Gasteiger partial charge is 0.256 e. The first-order chi connectivity index (χ1) is 10.9. The second kappa shape index (κ2) is 7.79. The average molecular weight is 338 g/mol. The molecule has 2 rings (SSSR count). The molecule has 1 fully saturated rings. The van der Waals surface area contributed by atoms with E-state index in [1.165, 1.54) is 0 Å². The van der Waals surface area contributed by atoms with Crippen LogP contribution in [0.2, 0.25) is 5.02 Å². The van der Waals surface area contributed by atoms with Crippen molar-refractivity contribution in [1.82, 2.24) is 9.80 Å². The van der Waals surface area contributed by atoms with Gasteiger partial charge in [-0.05, 0) is 51.9 Å². The van der Waals surface area contributed by atoms with Gasteiger partial charge in [0.15, 0.2) is 0 Å². The fourth-order valence-electron chi connectivity index (χ4n) is 2.49. The molecule has 0 aliphatic carbocycles. The molecule has 1 heterocycles. The van der Waals surface area contributed by atoms with Gasteiger partial charge in [-0.15, -0.1) is 0 Å². The SMILES string of the molecule is CC(C)N(C)CC(=O)Nc1ccc(Cl)cc1C(=O)N1CCCC1. The monoisotopic (exact) mass is 337 g/mol. The molecule has 1 aromatic carbocycles. The number of hydrogen-bond acceptors (Lipinski definition) is 3. The third-order valence-electron chi connectivity index (χ3n) is 4.15. The Hall–Kier alpha value is -1.59. The van der Waals surface area contributed by atoms with Crippen LogP contribution in [0.5, 0.6) is 0 Å². The van der Waals surface area contributed by atoms with Crippen LogP contribution in [0, 0.1) is 0 Å². The second-order valence-corrected chi connectivity index (χ2v) is 6.68. The van der Waals surface area contributed by atoms with E-state index in [0.717, 1.165) is 25.9 Å². The number of amides is 2. The van der Waals surface area contributed by atoms with Gasteiger partial charge >= 0.3 is 0 Å². The minimum absolute atomic E-state index is 0.0717. The van der Waals surface area contributed by atoms with Crippen molar-refractivity contribution in [3.05, 3.63) is 28.8 Å². The number of likely N-dealkylation sites (tertiary alicyclic amines) is 1. The van der Waals surface area contributed by atoms with E-state index in [1.54, 1.807) is 18.2 Å². The molecule has 2 amide bonds. The third-order valence-corrected chi connectivity index (χ3v) is 4.39. The van der Waals surface area contributed by atoms with E-state index in [2.05, 4.69) is 5.32 Å². The Morgan fingerprint density at radius 3 is 2.57 bits per heavy atom. The van der Waals surface area contributed by atoms with Gasteiger partial charge in [0.05, 0.1) is 17.8 Å². The zero-order valence-corrected chi connectivity index (χ0v) is 14.7. The van der Waals surface area contributed by atoms with Gasteiger partial charge in [-0.3, -0.25) is 14.5 Å². The number of carbonyl (C=O) groups is 2. The van der Waals surface area contributed by atoms with Crippen LogP contribution in [0.3, 0.4) is 0 Å². The maximum absolute atomic E-state index is 12.6. The number of nitrogens with zero attached hydrogens (tertiary/aromatic N) is 2. The standard InChI is InChI=1S/C17H24ClN3O2/c1-12(2)20(3)11-16(22)19-15-7-6-13(18)10-14(15)17(23)21-8-4-5-9-21/h6-7,10,12H,4-5,8-9,11H2,1-3H3,(H,19,22). The predicted octanol–water partition coefficient (Wildman–Crippen LogP) is 2.85. The van der Waals surface area contributed by atoms with Crippen molar-refractivity contribution in [2.75, 3.05) is 32.0 Å². The molecule has 6 heteroatoms. The first-order valence-electron chi connectivity index (χ1n) is 7.97. The second-order valence-electron chi connectivity index (χ2n) is 6.25. The maximum atomic E-state index is 12.6. The van der Waals surface area contributed by atoms with Gasteiger partial charge < -0.3 is 10.2 Å². The highest BCUT2D eigenvalue weighted by Gasteiger charge is 2.23. The van der Waals surface area contributed by atoms with Crippen molar-refractivity contribution in [1.29, 1.82) is 0 Å². The molecule has 0 aromatic heterocycles. The molecule has 1 aliphatic heterocycles. The molecular formula is C17H24ClN3O2. The van der Waals surface area contributed by atoms with Crippen molar-refractivity contribution in [3.8, 4) is 0 Å². The highest BCUT2D eigenvalue weighted by Crippen LogP contribution is 2.24. The largest absolute Gasteiger partial charge is 0.339 e. The molecule has 0 radical (unpaired) electrons. The lowest BCUT2D eigenvalue weighted by atomic mass is 10.1. The van der Waals surface area contributed by atoms with Crippen molar-refractivity contribution in [3.63, 3.8) is 0 Å². The van der Waals surface area contributed by atoms with Gasteiger partial charge in [0.25, 0.3) is 5.91 Å². The minimum Gasteiger partial charge on any atom is -0.339 e. The van der Waals surface area contributed by atoms with Crippen LogP contribution in [0.1, 0.15) is 37.0 Å². The molecule has 1 aliphatic rings. The van der Waals surface area contributed by atoms with Crippen LogP contribution in [-0.2, 0) is 4.79 Å². The maximum Gasteiger partial charge on any atom is 0.256 e. The molecule has 0 saturated carbocycles. The number of rotatable bonds is 5. The van der Waals surface area contributed by atoms with Crippen LogP contribution < -0.4 is 5.32 Å². The Morgan fingerprint density at radius 1 is 1.30 bits per heavy atom. The number of likely N-dealkylation sites (N-methyl/N-ethyl adjacent to an activating group) is 1. The Bertz CT molecular complexity index is 583. The number of anilines is 1. The number of carbonyl (C=O) groups excluding carboxylic acids is 2. The lowest BCUT2D eigenvalue weighted by Crippen LogP contribution is -2.35. The quantitative estimate of drug-likeness (QED) is 0.898. The average Bonchev–Trinajstić information content (AvgIpc) is 3.02. The summed E-state index contributed by atoms with van der Waals surface area (Å²) in [7, 11) is 1.89. The molecule has 1 saturated heterocycles. The van der Waals surface area contributed by atoms with Crippen molar-refractivity contribution in [2.45, 2.75) is 32.7 Å². The summed E-state index contributed by atoms with van der Waals surface area (Å²) < 4.78 is 0. The first-order valence-corrected chi connectivity index (χ1v) is 8.35. The number of halogens is 1. The lowest BCUT2D eigenvalue weighted by Gasteiger charge is -2.21. The molecule has 5 nitrogen and oxygen atoms in total. The lowest BCUT2D eigenvalue weighted by molar-refractivity contribution is -0.117. The predicted molar refractivity (Wildman–Crippen MR) is 93.0 cm³/mol. The van der Waals surface area contributed by atoms with E-state index in [-0.39, 0.29) is 24.4 Å². The van der Waals surface area contributed by atoms with E-state index in [0.29, 0.717) is 16.3 Å². The summed E-state index contributed by atoms with van der Waals surface area (Å²) in [6.45, 7) is 5.84. The topological polar surface area (TPSA) is 52.7 Å². The Morgan fingerprint density at radius 2 is 1.96 bits per heavy atom. The van der Waals surface area contributed by atoms with Crippen LogP contribution >= 0.6 is 11.6 Å². The highest BCUT2D eigenvalue weighted by molar-refractivity contribution is 6.31. The fraction of sp³-hybridized carbons (Fsp3) is 0.529. The number of hydrogen-bond donors (Lipinski definition) is 1. The van der Waals surface area contributed by atoms with Crippen molar-refractivity contribution >= 4 is 29.1 Å². The van der Waals surface area contributed by atoms with Gasteiger partial charge in [0.1, 0.15) is 0 Å². The third kappa shape index (κ3) is 4.69. The number of nitrogens with one attached hydrogen (secondary N) is 1. The van der Waals surface area contributed by atoms with Crippen molar-refractivity contribution in [2.24, 2.45) is 0 Å². The van der Waals surface area contributed by atoms with E-state index < -0.39 is 0 Å². The zero-order chi connectivity index (χ0) is 17.0. The fourth-order valence-corrected chi connectivity index (χ4v) is 2.66. The Labute approximate surface area is 142 Å². The molecular weight excluding hydrogens is 314 g/mol. The summed E-state index contributed by atoms with van der Waals surface area (Å²) in [4.78, 5) is 28.6. The highest BCUT2D eigenvalue weighted by atomic mass is 35.5. The molecule has 0 bridgehead atoms. The van der Waals surface area contributed by atoms with Crippen LogP contribution in [-0.4, -0.2) is 54.3 Å². The van der Waals surface area contributed by atoms with E-state index >= 15 is 0 Å². The summed E-state index contributed by atoms with van der Waals surface area (Å²) in [6, 6.07) is 5.28. The Balaban J connectivity index is 2.15. The molecule has 23 heavy (non-hydrogen) atoms. The Kier molecular flexibility index (Phi) is 6.02. The van der Waals surface area contributed by atoms with Crippen LogP contribution in [0.25, 0.3) is 0 Å². The van der Waals surface area contributed by atoms with Crippen LogP contribution in [0.4, 0.5) is 5.69 Å². The van der Waals surface area contributed by atoms with E-state index in [4.69, 9.17) is 11.6 Å². The summed E-state index contributed by atoms with van der Waals surface area (Å²) in [5.74, 6) is -0.212. The molecule has 1 aromatic rings. The van der Waals surface area contributed by atoms with Gasteiger partial charge in [0, 0.05) is 24.2 Å². The minimum atomic E-state index is -0.140. The van der Waals surface area contributed by atoms with Gasteiger partial charge in [-0.1, -0.05) is 11.6 Å². The summed E-state index contributed by atoms with van der Waals surface area (Å²) >= 11 is 6.04. The normalized spacial score (nSPS) is 14.6. The van der Waals surface area contributed by atoms with E-state index in [9.17, 15) is 9.59 Å². The van der Waals surface area contributed by atoms with E-state index in [1.807, 2.05) is 30.7 Å².